The summed E-state index contributed by atoms with van der Waals surface area (Å²) in [5.74, 6) is 0.209. The Morgan fingerprint density at radius 3 is 2.67 bits per heavy atom. The summed E-state index contributed by atoms with van der Waals surface area (Å²) in [5, 5.41) is 20.4. The molecule has 0 spiro atoms. The minimum absolute atomic E-state index is 0.188. The Balaban J connectivity index is 2.20. The molecule has 114 valence electrons. The zero-order chi connectivity index (χ0) is 15.5. The number of aliphatic hydroxyl groups excluding tert-OH is 1. The maximum atomic E-state index is 13.1. The van der Waals surface area contributed by atoms with Crippen molar-refractivity contribution in [2.75, 3.05) is 0 Å². The first-order valence-corrected chi connectivity index (χ1v) is 7.94. The molecular formula is C17H21ClFNO. The van der Waals surface area contributed by atoms with Crippen LogP contribution in [0.3, 0.4) is 0 Å². The Labute approximate surface area is 130 Å². The highest BCUT2D eigenvalue weighted by molar-refractivity contribution is 6.31. The summed E-state index contributed by atoms with van der Waals surface area (Å²) in [7, 11) is 0. The van der Waals surface area contributed by atoms with Gasteiger partial charge in [-0.2, -0.15) is 5.26 Å². The van der Waals surface area contributed by atoms with Crippen LogP contribution in [0.4, 0.5) is 4.39 Å². The van der Waals surface area contributed by atoms with Gasteiger partial charge in [0.2, 0.25) is 0 Å². The van der Waals surface area contributed by atoms with Crippen molar-refractivity contribution < 1.29 is 9.50 Å². The second-order valence-corrected chi connectivity index (χ2v) is 6.48. The molecule has 0 saturated heterocycles. The van der Waals surface area contributed by atoms with E-state index in [4.69, 9.17) is 11.6 Å². The van der Waals surface area contributed by atoms with E-state index in [0.29, 0.717) is 24.3 Å². The summed E-state index contributed by atoms with van der Waals surface area (Å²) >= 11 is 6.03. The minimum atomic E-state index is -0.960. The van der Waals surface area contributed by atoms with Crippen molar-refractivity contribution in [1.82, 2.24) is 0 Å². The van der Waals surface area contributed by atoms with Gasteiger partial charge in [-0.1, -0.05) is 37.4 Å². The highest BCUT2D eigenvalue weighted by Gasteiger charge is 2.42. The fourth-order valence-electron chi connectivity index (χ4n) is 3.36. The average Bonchev–Trinajstić information content (AvgIpc) is 2.48. The molecule has 21 heavy (non-hydrogen) atoms. The van der Waals surface area contributed by atoms with Crippen LogP contribution in [0.5, 0.6) is 0 Å². The zero-order valence-electron chi connectivity index (χ0n) is 12.3. The van der Waals surface area contributed by atoms with E-state index in [-0.39, 0.29) is 5.02 Å². The van der Waals surface area contributed by atoms with Crippen LogP contribution in [0.15, 0.2) is 18.2 Å². The molecule has 1 aliphatic rings. The predicted molar refractivity (Wildman–Crippen MR) is 81.3 cm³/mol. The molecule has 1 atom stereocenters. The van der Waals surface area contributed by atoms with Gasteiger partial charge in [0.1, 0.15) is 5.82 Å². The van der Waals surface area contributed by atoms with Crippen LogP contribution in [0.1, 0.15) is 57.1 Å². The molecule has 0 amide bonds. The average molecular weight is 310 g/mol. The predicted octanol–water partition coefficient (Wildman–Crippen LogP) is 5.01. The summed E-state index contributed by atoms with van der Waals surface area (Å²) in [6.45, 7) is 2.17. The summed E-state index contributed by atoms with van der Waals surface area (Å²) < 4.78 is 13.1. The molecule has 1 saturated carbocycles. The number of hydrogen-bond donors (Lipinski definition) is 1. The second kappa shape index (κ2) is 6.77. The molecule has 1 unspecified atom stereocenters. The van der Waals surface area contributed by atoms with E-state index in [1.165, 1.54) is 24.6 Å². The molecular weight excluding hydrogens is 289 g/mol. The van der Waals surface area contributed by atoms with Gasteiger partial charge >= 0.3 is 0 Å². The SMILES string of the molecule is CCCC1CCC(C#N)(C(O)c2ccc(F)cc2Cl)CC1. The monoisotopic (exact) mass is 309 g/mol. The van der Waals surface area contributed by atoms with Gasteiger partial charge in [-0.3, -0.25) is 0 Å². The first-order chi connectivity index (χ1) is 10.0. The lowest BCUT2D eigenvalue weighted by Gasteiger charge is -2.38. The van der Waals surface area contributed by atoms with Gasteiger partial charge in [0, 0.05) is 10.6 Å². The van der Waals surface area contributed by atoms with E-state index in [0.717, 1.165) is 19.3 Å². The second-order valence-electron chi connectivity index (χ2n) is 6.07. The molecule has 4 heteroatoms. The van der Waals surface area contributed by atoms with E-state index in [9.17, 15) is 14.8 Å². The molecule has 0 radical (unpaired) electrons. The van der Waals surface area contributed by atoms with Crippen molar-refractivity contribution in [1.29, 1.82) is 5.26 Å². The number of hydrogen-bond acceptors (Lipinski definition) is 2. The van der Waals surface area contributed by atoms with Gasteiger partial charge in [-0.05, 0) is 43.7 Å². The van der Waals surface area contributed by atoms with Gasteiger partial charge in [-0.25, -0.2) is 4.39 Å². The largest absolute Gasteiger partial charge is 0.387 e. The van der Waals surface area contributed by atoms with Crippen molar-refractivity contribution in [2.24, 2.45) is 11.3 Å². The lowest BCUT2D eigenvalue weighted by atomic mass is 9.66. The number of benzene rings is 1. The smallest absolute Gasteiger partial charge is 0.124 e. The molecule has 1 aliphatic carbocycles. The Morgan fingerprint density at radius 2 is 2.14 bits per heavy atom. The summed E-state index contributed by atoms with van der Waals surface area (Å²) in [6.07, 6.45) is 4.62. The Bertz CT molecular complexity index is 532. The molecule has 2 rings (SSSR count). The first-order valence-electron chi connectivity index (χ1n) is 7.56. The van der Waals surface area contributed by atoms with Crippen molar-refractivity contribution in [3.05, 3.63) is 34.6 Å². The van der Waals surface area contributed by atoms with Gasteiger partial charge < -0.3 is 5.11 Å². The Morgan fingerprint density at radius 1 is 1.48 bits per heavy atom. The van der Waals surface area contributed by atoms with Crippen LogP contribution >= 0.6 is 11.6 Å². The van der Waals surface area contributed by atoms with Crippen LogP contribution in [0.25, 0.3) is 0 Å². The third kappa shape index (κ3) is 3.39. The zero-order valence-corrected chi connectivity index (χ0v) is 13.0. The van der Waals surface area contributed by atoms with Crippen molar-refractivity contribution in [3.63, 3.8) is 0 Å². The van der Waals surface area contributed by atoms with Crippen LogP contribution in [-0.2, 0) is 0 Å². The molecule has 0 heterocycles. The van der Waals surface area contributed by atoms with E-state index in [1.807, 2.05) is 0 Å². The topological polar surface area (TPSA) is 44.0 Å². The Hall–Kier alpha value is -1.11. The first kappa shape index (κ1) is 16.3. The van der Waals surface area contributed by atoms with Crippen LogP contribution in [0, 0.1) is 28.5 Å². The molecule has 0 aromatic heterocycles. The Kier molecular flexibility index (Phi) is 5.24. The van der Waals surface area contributed by atoms with Crippen LogP contribution in [0.2, 0.25) is 5.02 Å². The van der Waals surface area contributed by atoms with E-state index in [1.54, 1.807) is 0 Å². The number of nitrogens with zero attached hydrogens (tertiary/aromatic N) is 1. The standard InChI is InChI=1S/C17H21ClFNO/c1-2-3-12-6-8-17(11-20,9-7-12)16(21)14-5-4-13(19)10-15(14)18/h4-5,10,12,16,21H,2-3,6-9H2,1H3. The van der Waals surface area contributed by atoms with Crippen LogP contribution < -0.4 is 0 Å². The minimum Gasteiger partial charge on any atom is -0.387 e. The van der Waals surface area contributed by atoms with Crippen molar-refractivity contribution in [2.45, 2.75) is 51.6 Å². The van der Waals surface area contributed by atoms with Gasteiger partial charge in [0.05, 0.1) is 17.6 Å². The maximum Gasteiger partial charge on any atom is 0.124 e. The van der Waals surface area contributed by atoms with Crippen molar-refractivity contribution >= 4 is 11.6 Å². The fraction of sp³-hybridized carbons (Fsp3) is 0.588. The van der Waals surface area contributed by atoms with Gasteiger partial charge in [0.25, 0.3) is 0 Å². The number of nitriles is 1. The third-order valence-electron chi connectivity index (χ3n) is 4.70. The maximum absolute atomic E-state index is 13.1. The quantitative estimate of drug-likeness (QED) is 0.849. The highest BCUT2D eigenvalue weighted by atomic mass is 35.5. The normalized spacial score (nSPS) is 27.1. The highest BCUT2D eigenvalue weighted by Crippen LogP contribution is 2.49. The molecule has 1 N–H and O–H groups in total. The van der Waals surface area contributed by atoms with Gasteiger partial charge in [0.15, 0.2) is 0 Å². The summed E-state index contributed by atoms with van der Waals surface area (Å²) in [5.41, 5.74) is -0.348. The number of aliphatic hydroxyl groups is 1. The van der Waals surface area contributed by atoms with Crippen LogP contribution in [-0.4, -0.2) is 5.11 Å². The van der Waals surface area contributed by atoms with E-state index in [2.05, 4.69) is 13.0 Å². The molecule has 1 fully saturated rings. The molecule has 2 nitrogen and oxygen atoms in total. The van der Waals surface area contributed by atoms with E-state index < -0.39 is 17.3 Å². The third-order valence-corrected chi connectivity index (χ3v) is 5.02. The van der Waals surface area contributed by atoms with E-state index >= 15 is 0 Å². The fourth-order valence-corrected chi connectivity index (χ4v) is 3.63. The van der Waals surface area contributed by atoms with Gasteiger partial charge in [-0.15, -0.1) is 0 Å². The molecule has 0 bridgehead atoms. The number of rotatable bonds is 4. The summed E-state index contributed by atoms with van der Waals surface area (Å²) in [6, 6.07) is 6.27. The lowest BCUT2D eigenvalue weighted by molar-refractivity contribution is 0.0237. The molecule has 1 aromatic rings. The lowest BCUT2D eigenvalue weighted by Crippen LogP contribution is -2.32. The molecule has 0 aliphatic heterocycles. The number of halogens is 2. The van der Waals surface area contributed by atoms with Crippen molar-refractivity contribution in [3.8, 4) is 6.07 Å². The molecule has 1 aromatic carbocycles. The summed E-state index contributed by atoms with van der Waals surface area (Å²) in [4.78, 5) is 0.